The standard InChI is InChI=1S/C18H15ClN4O2S/c1-11(24)12-2-4-14(5-3-12)22-18-23-15(10-26-18)9-21-17(25)13-6-7-20-16(19)8-13/h2-8,10H,9H2,1H3,(H,21,25)(H,22,23). The van der Waals surface area contributed by atoms with E-state index in [2.05, 4.69) is 20.6 Å². The van der Waals surface area contributed by atoms with Gasteiger partial charge in [0.15, 0.2) is 10.9 Å². The van der Waals surface area contributed by atoms with Crippen molar-refractivity contribution in [3.8, 4) is 0 Å². The van der Waals surface area contributed by atoms with Crippen LogP contribution >= 0.6 is 22.9 Å². The number of benzene rings is 1. The lowest BCUT2D eigenvalue weighted by Gasteiger charge is -2.04. The number of aromatic nitrogens is 2. The van der Waals surface area contributed by atoms with Crippen molar-refractivity contribution < 1.29 is 9.59 Å². The summed E-state index contributed by atoms with van der Waals surface area (Å²) in [7, 11) is 0. The van der Waals surface area contributed by atoms with Gasteiger partial charge >= 0.3 is 0 Å². The molecule has 0 fully saturated rings. The first-order valence-electron chi connectivity index (χ1n) is 7.73. The van der Waals surface area contributed by atoms with Gasteiger partial charge in [0.25, 0.3) is 5.91 Å². The summed E-state index contributed by atoms with van der Waals surface area (Å²) in [6, 6.07) is 10.3. The van der Waals surface area contributed by atoms with Crippen LogP contribution in [0, 0.1) is 0 Å². The molecule has 0 atom stereocenters. The molecule has 0 bridgehead atoms. The average molecular weight is 387 g/mol. The normalized spacial score (nSPS) is 10.4. The quantitative estimate of drug-likeness (QED) is 0.493. The zero-order valence-corrected chi connectivity index (χ0v) is 15.4. The van der Waals surface area contributed by atoms with E-state index < -0.39 is 0 Å². The first kappa shape index (κ1) is 18.0. The van der Waals surface area contributed by atoms with Crippen LogP contribution in [0.3, 0.4) is 0 Å². The highest BCUT2D eigenvalue weighted by Gasteiger charge is 2.08. The number of halogens is 1. The topological polar surface area (TPSA) is 84.0 Å². The third-order valence-corrected chi connectivity index (χ3v) is 4.53. The number of pyridine rings is 1. The molecule has 0 radical (unpaired) electrons. The smallest absolute Gasteiger partial charge is 0.251 e. The number of ketones is 1. The monoisotopic (exact) mass is 386 g/mol. The van der Waals surface area contributed by atoms with Gasteiger partial charge in [-0.1, -0.05) is 11.6 Å². The van der Waals surface area contributed by atoms with Crippen molar-refractivity contribution in [2.45, 2.75) is 13.5 Å². The van der Waals surface area contributed by atoms with Crippen molar-refractivity contribution in [1.82, 2.24) is 15.3 Å². The van der Waals surface area contributed by atoms with Gasteiger partial charge in [0.05, 0.1) is 12.2 Å². The van der Waals surface area contributed by atoms with Crippen molar-refractivity contribution in [3.05, 3.63) is 69.9 Å². The number of Topliss-reactive ketones (excluding diaryl/α,β-unsaturated/α-hetero) is 1. The summed E-state index contributed by atoms with van der Waals surface area (Å²) in [5.41, 5.74) is 2.69. The van der Waals surface area contributed by atoms with Gasteiger partial charge in [-0.2, -0.15) is 0 Å². The van der Waals surface area contributed by atoms with E-state index in [1.165, 1.54) is 30.5 Å². The van der Waals surface area contributed by atoms with E-state index in [4.69, 9.17) is 11.6 Å². The van der Waals surface area contributed by atoms with Crippen LogP contribution in [0.25, 0.3) is 0 Å². The first-order valence-corrected chi connectivity index (χ1v) is 8.99. The van der Waals surface area contributed by atoms with Crippen molar-refractivity contribution in [2.24, 2.45) is 0 Å². The molecule has 0 aliphatic heterocycles. The Balaban J connectivity index is 1.57. The van der Waals surface area contributed by atoms with Gasteiger partial charge in [-0.05, 0) is 43.3 Å². The molecule has 0 saturated heterocycles. The van der Waals surface area contributed by atoms with E-state index in [1.807, 2.05) is 17.5 Å². The summed E-state index contributed by atoms with van der Waals surface area (Å²) in [4.78, 5) is 31.7. The minimum atomic E-state index is -0.239. The molecule has 26 heavy (non-hydrogen) atoms. The van der Waals surface area contributed by atoms with Crippen LogP contribution in [0.15, 0.2) is 48.0 Å². The Kier molecular flexibility index (Phi) is 5.60. The third-order valence-electron chi connectivity index (χ3n) is 3.51. The summed E-state index contributed by atoms with van der Waals surface area (Å²) in [5.74, 6) is -0.212. The average Bonchev–Trinajstić information content (AvgIpc) is 3.07. The largest absolute Gasteiger partial charge is 0.346 e. The van der Waals surface area contributed by atoms with E-state index in [0.29, 0.717) is 22.8 Å². The second kappa shape index (κ2) is 8.07. The fraction of sp³-hybridized carbons (Fsp3) is 0.111. The zero-order valence-electron chi connectivity index (χ0n) is 13.8. The molecule has 0 unspecified atom stereocenters. The number of rotatable bonds is 6. The number of nitrogens with zero attached hydrogens (tertiary/aromatic N) is 2. The summed E-state index contributed by atoms with van der Waals surface area (Å²) in [5, 5.41) is 8.81. The second-order valence-corrected chi connectivity index (χ2v) is 6.70. The van der Waals surface area contributed by atoms with Crippen LogP contribution < -0.4 is 10.6 Å². The van der Waals surface area contributed by atoms with Gasteiger partial charge in [0.1, 0.15) is 5.15 Å². The fourth-order valence-corrected chi connectivity index (χ4v) is 3.08. The predicted octanol–water partition coefficient (Wildman–Crippen LogP) is 4.07. The van der Waals surface area contributed by atoms with Crippen molar-refractivity contribution in [1.29, 1.82) is 0 Å². The van der Waals surface area contributed by atoms with Crippen molar-refractivity contribution >= 4 is 45.4 Å². The van der Waals surface area contributed by atoms with Gasteiger partial charge in [0, 0.05) is 28.4 Å². The number of carbonyl (C=O) groups is 2. The first-order chi connectivity index (χ1) is 12.5. The Morgan fingerprint density at radius 1 is 1.15 bits per heavy atom. The van der Waals surface area contributed by atoms with Gasteiger partial charge in [-0.25, -0.2) is 9.97 Å². The molecule has 0 aliphatic carbocycles. The van der Waals surface area contributed by atoms with E-state index in [9.17, 15) is 9.59 Å². The van der Waals surface area contributed by atoms with Crippen LogP contribution in [-0.2, 0) is 6.54 Å². The summed E-state index contributed by atoms with van der Waals surface area (Å²) >= 11 is 7.22. The highest BCUT2D eigenvalue weighted by molar-refractivity contribution is 7.13. The Morgan fingerprint density at radius 2 is 1.92 bits per heavy atom. The molecule has 3 aromatic rings. The molecule has 2 N–H and O–H groups in total. The number of carbonyl (C=O) groups excluding carboxylic acids is 2. The SMILES string of the molecule is CC(=O)c1ccc(Nc2nc(CNC(=O)c3ccnc(Cl)c3)cs2)cc1. The van der Waals surface area contributed by atoms with Crippen molar-refractivity contribution in [2.75, 3.05) is 5.32 Å². The lowest BCUT2D eigenvalue weighted by Crippen LogP contribution is -2.23. The minimum absolute atomic E-state index is 0.0271. The van der Waals surface area contributed by atoms with E-state index in [1.54, 1.807) is 18.2 Å². The summed E-state index contributed by atoms with van der Waals surface area (Å²) in [6.07, 6.45) is 1.49. The van der Waals surface area contributed by atoms with Crippen LogP contribution in [0.5, 0.6) is 0 Å². The molecule has 6 nitrogen and oxygen atoms in total. The second-order valence-electron chi connectivity index (χ2n) is 5.45. The highest BCUT2D eigenvalue weighted by atomic mass is 35.5. The maximum atomic E-state index is 12.1. The highest BCUT2D eigenvalue weighted by Crippen LogP contribution is 2.21. The molecule has 0 spiro atoms. The van der Waals surface area contributed by atoms with Crippen molar-refractivity contribution in [3.63, 3.8) is 0 Å². The number of anilines is 2. The van der Waals surface area contributed by atoms with E-state index in [-0.39, 0.29) is 16.8 Å². The summed E-state index contributed by atoms with van der Waals surface area (Å²) < 4.78 is 0. The third kappa shape index (κ3) is 4.65. The molecule has 0 saturated carbocycles. The maximum absolute atomic E-state index is 12.1. The molecular formula is C18H15ClN4O2S. The van der Waals surface area contributed by atoms with Gasteiger partial charge < -0.3 is 10.6 Å². The Bertz CT molecular complexity index is 940. The van der Waals surface area contributed by atoms with Crippen LogP contribution in [-0.4, -0.2) is 21.7 Å². The lowest BCUT2D eigenvalue weighted by atomic mass is 10.1. The molecule has 132 valence electrons. The zero-order chi connectivity index (χ0) is 18.5. The van der Waals surface area contributed by atoms with Gasteiger partial charge in [-0.3, -0.25) is 9.59 Å². The van der Waals surface area contributed by atoms with Gasteiger partial charge in [-0.15, -0.1) is 11.3 Å². The molecule has 1 amide bonds. The van der Waals surface area contributed by atoms with Gasteiger partial charge in [0.2, 0.25) is 0 Å². The molecular weight excluding hydrogens is 372 g/mol. The number of thiazole rings is 1. The van der Waals surface area contributed by atoms with E-state index in [0.717, 1.165) is 11.4 Å². The minimum Gasteiger partial charge on any atom is -0.346 e. The maximum Gasteiger partial charge on any atom is 0.251 e. The number of hydrogen-bond donors (Lipinski definition) is 2. The summed E-state index contributed by atoms with van der Waals surface area (Å²) in [6.45, 7) is 1.84. The molecule has 8 heteroatoms. The lowest BCUT2D eigenvalue weighted by molar-refractivity contribution is 0.0949. The Labute approximate surface area is 159 Å². The fourth-order valence-electron chi connectivity index (χ4n) is 2.17. The van der Waals surface area contributed by atoms with Crippen LogP contribution in [0.2, 0.25) is 5.15 Å². The Hall–Kier alpha value is -2.77. The van der Waals surface area contributed by atoms with E-state index >= 15 is 0 Å². The molecule has 1 aromatic carbocycles. The van der Waals surface area contributed by atoms with Crippen LogP contribution in [0.1, 0.15) is 33.3 Å². The molecule has 2 aromatic heterocycles. The molecule has 0 aliphatic rings. The molecule has 2 heterocycles. The number of nitrogens with one attached hydrogen (secondary N) is 2. The number of hydrogen-bond acceptors (Lipinski definition) is 6. The van der Waals surface area contributed by atoms with Crippen LogP contribution in [0.4, 0.5) is 10.8 Å². The Morgan fingerprint density at radius 3 is 2.62 bits per heavy atom. The molecule has 3 rings (SSSR count). The number of amides is 1. The predicted molar refractivity (Wildman–Crippen MR) is 102 cm³/mol.